The van der Waals surface area contributed by atoms with E-state index in [2.05, 4.69) is 20.8 Å². The Balaban J connectivity index is 1.96. The van der Waals surface area contributed by atoms with Crippen molar-refractivity contribution in [2.24, 2.45) is 5.92 Å². The van der Waals surface area contributed by atoms with Crippen LogP contribution in [-0.2, 0) is 4.79 Å². The second-order valence-corrected chi connectivity index (χ2v) is 6.33. The Kier molecular flexibility index (Phi) is 5.16. The monoisotopic (exact) mass is 287 g/mol. The number of carbonyl (C=O) groups is 2. The van der Waals surface area contributed by atoms with Crippen molar-refractivity contribution < 1.29 is 9.59 Å². The molecule has 1 amide bonds. The van der Waals surface area contributed by atoms with Crippen LogP contribution in [0.1, 0.15) is 61.9 Å². The molecule has 1 atom stereocenters. The van der Waals surface area contributed by atoms with Gasteiger partial charge in [0.15, 0.2) is 5.78 Å². The van der Waals surface area contributed by atoms with Crippen molar-refractivity contribution in [1.82, 2.24) is 4.90 Å². The van der Waals surface area contributed by atoms with Crippen LogP contribution >= 0.6 is 0 Å². The highest BCUT2D eigenvalue weighted by Crippen LogP contribution is 2.22. The number of hydrogen-bond donors (Lipinski definition) is 0. The summed E-state index contributed by atoms with van der Waals surface area (Å²) in [5.41, 5.74) is 1.93. The summed E-state index contributed by atoms with van der Waals surface area (Å²) >= 11 is 0. The van der Waals surface area contributed by atoms with E-state index in [1.807, 2.05) is 24.3 Å². The topological polar surface area (TPSA) is 37.4 Å². The van der Waals surface area contributed by atoms with Gasteiger partial charge in [-0.1, -0.05) is 51.5 Å². The Morgan fingerprint density at radius 3 is 2.52 bits per heavy atom. The highest BCUT2D eigenvalue weighted by Gasteiger charge is 2.30. The SMILES string of the molecule is CCCC1CC(=O)N(CC(=O)c2ccc(C(C)C)cc2)C1. The normalized spacial score (nSPS) is 18.6. The molecule has 0 saturated carbocycles. The van der Waals surface area contributed by atoms with E-state index < -0.39 is 0 Å². The highest BCUT2D eigenvalue weighted by atomic mass is 16.2. The molecule has 21 heavy (non-hydrogen) atoms. The molecule has 1 aliphatic heterocycles. The minimum atomic E-state index is 0.0378. The molecule has 1 fully saturated rings. The molecule has 1 aromatic rings. The molecule has 2 rings (SSSR count). The maximum atomic E-state index is 12.3. The average molecular weight is 287 g/mol. The number of hydrogen-bond acceptors (Lipinski definition) is 2. The van der Waals surface area contributed by atoms with Crippen LogP contribution in [0, 0.1) is 5.92 Å². The third kappa shape index (κ3) is 3.93. The Morgan fingerprint density at radius 2 is 1.95 bits per heavy atom. The molecule has 1 aliphatic rings. The molecule has 114 valence electrons. The molecule has 0 aromatic heterocycles. The lowest BCUT2D eigenvalue weighted by Crippen LogP contribution is -2.31. The molecular weight excluding hydrogens is 262 g/mol. The quantitative estimate of drug-likeness (QED) is 0.749. The van der Waals surface area contributed by atoms with Gasteiger partial charge in [0.25, 0.3) is 0 Å². The minimum absolute atomic E-state index is 0.0378. The first-order chi connectivity index (χ1) is 10.0. The second kappa shape index (κ2) is 6.88. The molecule has 0 radical (unpaired) electrons. The zero-order valence-electron chi connectivity index (χ0n) is 13.3. The number of Topliss-reactive ketones (excluding diaryl/α,β-unsaturated/α-hetero) is 1. The summed E-state index contributed by atoms with van der Waals surface area (Å²) in [5.74, 6) is 1.05. The lowest BCUT2D eigenvalue weighted by atomic mass is 10.0. The predicted molar refractivity (Wildman–Crippen MR) is 84.5 cm³/mol. The number of rotatable bonds is 6. The van der Waals surface area contributed by atoms with Crippen LogP contribution in [0.3, 0.4) is 0 Å². The fourth-order valence-electron chi connectivity index (χ4n) is 2.93. The fourth-order valence-corrected chi connectivity index (χ4v) is 2.93. The van der Waals surface area contributed by atoms with Gasteiger partial charge in [-0.2, -0.15) is 0 Å². The van der Waals surface area contributed by atoms with E-state index in [1.54, 1.807) is 4.90 Å². The van der Waals surface area contributed by atoms with E-state index in [9.17, 15) is 9.59 Å². The van der Waals surface area contributed by atoms with Crippen molar-refractivity contribution in [3.05, 3.63) is 35.4 Å². The van der Waals surface area contributed by atoms with Gasteiger partial charge in [-0.3, -0.25) is 9.59 Å². The maximum absolute atomic E-state index is 12.3. The summed E-state index contributed by atoms with van der Waals surface area (Å²) in [6.07, 6.45) is 2.77. The predicted octanol–water partition coefficient (Wildman–Crippen LogP) is 3.64. The van der Waals surface area contributed by atoms with Gasteiger partial charge >= 0.3 is 0 Å². The second-order valence-electron chi connectivity index (χ2n) is 6.33. The van der Waals surface area contributed by atoms with Crippen molar-refractivity contribution in [2.75, 3.05) is 13.1 Å². The molecule has 0 N–H and O–H groups in total. The average Bonchev–Trinajstić information content (AvgIpc) is 2.79. The number of carbonyl (C=O) groups excluding carboxylic acids is 2. The van der Waals surface area contributed by atoms with Crippen LogP contribution in [-0.4, -0.2) is 29.7 Å². The van der Waals surface area contributed by atoms with Gasteiger partial charge < -0.3 is 4.90 Å². The molecule has 1 saturated heterocycles. The lowest BCUT2D eigenvalue weighted by molar-refractivity contribution is -0.127. The largest absolute Gasteiger partial charge is 0.335 e. The van der Waals surface area contributed by atoms with E-state index in [-0.39, 0.29) is 18.2 Å². The van der Waals surface area contributed by atoms with Crippen molar-refractivity contribution in [1.29, 1.82) is 0 Å². The molecule has 1 heterocycles. The van der Waals surface area contributed by atoms with Crippen molar-refractivity contribution in [3.8, 4) is 0 Å². The van der Waals surface area contributed by atoms with Gasteiger partial charge in [0, 0.05) is 18.5 Å². The van der Waals surface area contributed by atoms with Crippen LogP contribution in [0.25, 0.3) is 0 Å². The summed E-state index contributed by atoms with van der Waals surface area (Å²) in [6, 6.07) is 7.76. The minimum Gasteiger partial charge on any atom is -0.335 e. The Labute approximate surface area is 127 Å². The molecule has 0 aliphatic carbocycles. The van der Waals surface area contributed by atoms with Crippen LogP contribution < -0.4 is 0 Å². The Bertz CT molecular complexity index is 504. The summed E-state index contributed by atoms with van der Waals surface area (Å²) in [6.45, 7) is 7.36. The van der Waals surface area contributed by atoms with Gasteiger partial charge in [-0.05, 0) is 23.8 Å². The van der Waals surface area contributed by atoms with E-state index in [1.165, 1.54) is 5.56 Å². The number of nitrogens with zero attached hydrogens (tertiary/aromatic N) is 1. The Hall–Kier alpha value is -1.64. The zero-order chi connectivity index (χ0) is 15.4. The summed E-state index contributed by atoms with van der Waals surface area (Å²) in [4.78, 5) is 26.0. The first-order valence-electron chi connectivity index (χ1n) is 7.92. The third-order valence-electron chi connectivity index (χ3n) is 4.23. The highest BCUT2D eigenvalue weighted by molar-refractivity contribution is 5.99. The first-order valence-corrected chi connectivity index (χ1v) is 7.92. The first kappa shape index (κ1) is 15.7. The number of likely N-dealkylation sites (tertiary alicyclic amines) is 1. The van der Waals surface area contributed by atoms with E-state index >= 15 is 0 Å². The van der Waals surface area contributed by atoms with Crippen LogP contribution in [0.2, 0.25) is 0 Å². The molecule has 3 nitrogen and oxygen atoms in total. The summed E-state index contributed by atoms with van der Waals surface area (Å²) in [5, 5.41) is 0. The lowest BCUT2D eigenvalue weighted by Gasteiger charge is -2.16. The van der Waals surface area contributed by atoms with Crippen LogP contribution in [0.5, 0.6) is 0 Å². The van der Waals surface area contributed by atoms with Gasteiger partial charge in [0.05, 0.1) is 6.54 Å². The van der Waals surface area contributed by atoms with Crippen molar-refractivity contribution in [2.45, 2.75) is 46.0 Å². The maximum Gasteiger partial charge on any atom is 0.223 e. The van der Waals surface area contributed by atoms with Crippen LogP contribution in [0.15, 0.2) is 24.3 Å². The smallest absolute Gasteiger partial charge is 0.223 e. The standard InChI is InChI=1S/C18H25NO2/c1-4-5-14-10-18(21)19(11-14)12-17(20)16-8-6-15(7-9-16)13(2)3/h6-9,13-14H,4-5,10-12H2,1-3H3. The van der Waals surface area contributed by atoms with Gasteiger partial charge in [0.2, 0.25) is 5.91 Å². The summed E-state index contributed by atoms with van der Waals surface area (Å²) < 4.78 is 0. The third-order valence-corrected chi connectivity index (χ3v) is 4.23. The van der Waals surface area contributed by atoms with E-state index in [4.69, 9.17) is 0 Å². The zero-order valence-corrected chi connectivity index (χ0v) is 13.3. The van der Waals surface area contributed by atoms with Gasteiger partial charge in [-0.25, -0.2) is 0 Å². The number of amides is 1. The molecule has 1 aromatic carbocycles. The molecule has 1 unspecified atom stereocenters. The molecule has 0 bridgehead atoms. The van der Waals surface area contributed by atoms with Crippen molar-refractivity contribution in [3.63, 3.8) is 0 Å². The van der Waals surface area contributed by atoms with Gasteiger partial charge in [0.1, 0.15) is 0 Å². The molecular formula is C18H25NO2. The number of benzene rings is 1. The van der Waals surface area contributed by atoms with Gasteiger partial charge in [-0.15, -0.1) is 0 Å². The van der Waals surface area contributed by atoms with E-state index in [0.717, 1.165) is 19.4 Å². The summed E-state index contributed by atoms with van der Waals surface area (Å²) in [7, 11) is 0. The van der Waals surface area contributed by atoms with Crippen LogP contribution in [0.4, 0.5) is 0 Å². The van der Waals surface area contributed by atoms with Crippen molar-refractivity contribution >= 4 is 11.7 Å². The number of ketones is 1. The molecule has 3 heteroatoms. The Morgan fingerprint density at radius 1 is 1.29 bits per heavy atom. The molecule has 0 spiro atoms. The van der Waals surface area contributed by atoms with E-state index in [0.29, 0.717) is 23.8 Å². The fraction of sp³-hybridized carbons (Fsp3) is 0.556.